The van der Waals surface area contributed by atoms with E-state index in [1.54, 1.807) is 44.4 Å². The Morgan fingerprint density at radius 2 is 1.91 bits per heavy atom. The van der Waals surface area contributed by atoms with Crippen LogP contribution in [0.25, 0.3) is 0 Å². The molecule has 0 amide bonds. The van der Waals surface area contributed by atoms with Gasteiger partial charge in [-0.15, -0.1) is 11.3 Å². The van der Waals surface area contributed by atoms with Gasteiger partial charge in [0.05, 0.1) is 4.90 Å². The summed E-state index contributed by atoms with van der Waals surface area (Å²) in [6.07, 6.45) is -4.48. The number of thiazole rings is 1. The van der Waals surface area contributed by atoms with E-state index < -0.39 is 21.8 Å². The Morgan fingerprint density at radius 3 is 2.41 bits per heavy atom. The van der Waals surface area contributed by atoms with E-state index in [1.165, 1.54) is 4.31 Å². The fourth-order valence-corrected chi connectivity index (χ4v) is 4.07. The van der Waals surface area contributed by atoms with Crippen LogP contribution >= 0.6 is 11.3 Å². The summed E-state index contributed by atoms with van der Waals surface area (Å²) in [5.74, 6) is 0. The molecule has 1 unspecified atom stereocenters. The third kappa shape index (κ3) is 3.65. The predicted molar refractivity (Wildman–Crippen MR) is 79.8 cm³/mol. The maximum atomic E-state index is 13.0. The van der Waals surface area contributed by atoms with Gasteiger partial charge in [0.25, 0.3) is 0 Å². The number of benzene rings is 1. The van der Waals surface area contributed by atoms with Gasteiger partial charge in [0.15, 0.2) is 5.69 Å². The highest BCUT2D eigenvalue weighted by molar-refractivity contribution is 7.91. The first kappa shape index (κ1) is 16.9. The van der Waals surface area contributed by atoms with Crippen LogP contribution in [0, 0.1) is 0 Å². The zero-order valence-electron chi connectivity index (χ0n) is 11.9. The highest BCUT2D eigenvalue weighted by Gasteiger charge is 2.33. The summed E-state index contributed by atoms with van der Waals surface area (Å²) >= 11 is 0.855. The summed E-state index contributed by atoms with van der Waals surface area (Å²) in [5.41, 5.74) is -0.946. The molecule has 2 aromatic rings. The van der Waals surface area contributed by atoms with Crippen LogP contribution in [0.5, 0.6) is 0 Å². The van der Waals surface area contributed by atoms with Gasteiger partial charge in [-0.25, -0.2) is 17.9 Å². The van der Waals surface area contributed by atoms with Crippen LogP contribution in [-0.4, -0.2) is 27.6 Å². The average molecular weight is 349 g/mol. The lowest BCUT2D eigenvalue weighted by atomic mass is 10.4. The highest BCUT2D eigenvalue weighted by Crippen LogP contribution is 2.30. The van der Waals surface area contributed by atoms with Gasteiger partial charge in [-0.2, -0.15) is 13.2 Å². The van der Waals surface area contributed by atoms with Gasteiger partial charge in [0.1, 0.15) is 21.5 Å². The Labute approximate surface area is 130 Å². The SMILES string of the molecule is CN(C)S(=O)(=NCc1nc(C(F)(F)F)cs1)c1ccccc1. The molecular weight excluding hydrogens is 335 g/mol. The zero-order chi connectivity index (χ0) is 16.4. The Hall–Kier alpha value is -1.45. The summed E-state index contributed by atoms with van der Waals surface area (Å²) < 4.78 is 56.1. The molecule has 0 radical (unpaired) electrons. The molecule has 0 saturated carbocycles. The van der Waals surface area contributed by atoms with Gasteiger partial charge in [0.2, 0.25) is 0 Å². The second-order valence-corrected chi connectivity index (χ2v) is 7.93. The van der Waals surface area contributed by atoms with Crippen molar-refractivity contribution in [3.8, 4) is 0 Å². The minimum Gasteiger partial charge on any atom is -0.235 e. The van der Waals surface area contributed by atoms with Crippen molar-refractivity contribution < 1.29 is 17.4 Å². The number of alkyl halides is 3. The van der Waals surface area contributed by atoms with Gasteiger partial charge in [0, 0.05) is 19.5 Å². The van der Waals surface area contributed by atoms with Crippen LogP contribution < -0.4 is 0 Å². The maximum Gasteiger partial charge on any atom is 0.434 e. The second kappa shape index (κ2) is 6.35. The summed E-state index contributed by atoms with van der Waals surface area (Å²) in [5, 5.41) is 1.11. The zero-order valence-corrected chi connectivity index (χ0v) is 13.5. The smallest absolute Gasteiger partial charge is 0.235 e. The average Bonchev–Trinajstić information content (AvgIpc) is 2.94. The Morgan fingerprint density at radius 1 is 1.27 bits per heavy atom. The van der Waals surface area contributed by atoms with E-state index in [9.17, 15) is 17.4 Å². The standard InChI is InChI=1S/C13H14F3N3OS2/c1-19(2)22(20,10-6-4-3-5-7-10)17-8-12-18-11(9-21-12)13(14,15)16/h3-7,9H,8H2,1-2H3. The number of nitrogens with zero attached hydrogens (tertiary/aromatic N) is 3. The molecule has 4 nitrogen and oxygen atoms in total. The second-order valence-electron chi connectivity index (χ2n) is 4.53. The molecule has 1 atom stereocenters. The molecule has 0 spiro atoms. The van der Waals surface area contributed by atoms with Crippen LogP contribution in [0.3, 0.4) is 0 Å². The molecule has 0 bridgehead atoms. The van der Waals surface area contributed by atoms with Crippen molar-refractivity contribution in [3.05, 3.63) is 46.4 Å². The van der Waals surface area contributed by atoms with Crippen LogP contribution in [0.15, 0.2) is 45.0 Å². The van der Waals surface area contributed by atoms with Crippen molar-refractivity contribution in [1.82, 2.24) is 9.29 Å². The van der Waals surface area contributed by atoms with E-state index in [4.69, 9.17) is 0 Å². The Balaban J connectivity index is 2.33. The molecule has 0 saturated heterocycles. The molecule has 0 fully saturated rings. The van der Waals surface area contributed by atoms with Gasteiger partial charge in [-0.3, -0.25) is 0 Å². The lowest BCUT2D eigenvalue weighted by Crippen LogP contribution is -2.22. The van der Waals surface area contributed by atoms with Crippen molar-refractivity contribution in [2.75, 3.05) is 14.1 Å². The molecule has 1 aromatic heterocycles. The lowest BCUT2D eigenvalue weighted by molar-refractivity contribution is -0.140. The van der Waals surface area contributed by atoms with Crippen LogP contribution in [0.4, 0.5) is 13.2 Å². The molecule has 9 heteroatoms. The first-order valence-corrected chi connectivity index (χ1v) is 8.56. The number of hydrogen-bond acceptors (Lipinski definition) is 4. The monoisotopic (exact) mass is 349 g/mol. The molecule has 0 N–H and O–H groups in total. The molecule has 120 valence electrons. The lowest BCUT2D eigenvalue weighted by Gasteiger charge is -2.17. The molecule has 0 aliphatic carbocycles. The quantitative estimate of drug-likeness (QED) is 0.845. The number of hydrogen-bond donors (Lipinski definition) is 0. The van der Waals surface area contributed by atoms with Gasteiger partial charge in [-0.05, 0) is 12.1 Å². The molecule has 2 rings (SSSR count). The van der Waals surface area contributed by atoms with Crippen LogP contribution in [0.2, 0.25) is 0 Å². The maximum absolute atomic E-state index is 13.0. The normalized spacial score (nSPS) is 14.8. The highest BCUT2D eigenvalue weighted by atomic mass is 32.2. The van der Waals surface area contributed by atoms with Crippen molar-refractivity contribution in [2.45, 2.75) is 17.6 Å². The van der Waals surface area contributed by atoms with Crippen LogP contribution in [0.1, 0.15) is 10.7 Å². The fraction of sp³-hybridized carbons (Fsp3) is 0.308. The van der Waals surface area contributed by atoms with Crippen LogP contribution in [-0.2, 0) is 22.6 Å². The minimum atomic E-state index is -4.48. The van der Waals surface area contributed by atoms with E-state index in [0.717, 1.165) is 16.7 Å². The third-order valence-corrected chi connectivity index (χ3v) is 5.95. The Bertz CT molecular complexity index is 747. The molecule has 0 aliphatic rings. The largest absolute Gasteiger partial charge is 0.434 e. The van der Waals surface area contributed by atoms with Crippen molar-refractivity contribution in [3.63, 3.8) is 0 Å². The fourth-order valence-electron chi connectivity index (χ4n) is 1.66. The molecule has 1 aromatic carbocycles. The summed E-state index contributed by atoms with van der Waals surface area (Å²) in [6, 6.07) is 8.61. The third-order valence-electron chi connectivity index (χ3n) is 2.76. The van der Waals surface area contributed by atoms with E-state index in [-0.39, 0.29) is 11.6 Å². The van der Waals surface area contributed by atoms with E-state index >= 15 is 0 Å². The first-order valence-electron chi connectivity index (χ1n) is 6.20. The topological polar surface area (TPSA) is 45.6 Å². The van der Waals surface area contributed by atoms with Gasteiger partial charge in [-0.1, -0.05) is 18.2 Å². The number of rotatable bonds is 4. The summed E-state index contributed by atoms with van der Waals surface area (Å²) in [7, 11) is 0.361. The molecule has 1 heterocycles. The van der Waals surface area contributed by atoms with E-state index in [1.807, 2.05) is 0 Å². The van der Waals surface area contributed by atoms with Crippen molar-refractivity contribution in [1.29, 1.82) is 0 Å². The molecule has 22 heavy (non-hydrogen) atoms. The van der Waals surface area contributed by atoms with E-state index in [2.05, 4.69) is 9.35 Å². The van der Waals surface area contributed by atoms with Gasteiger partial charge < -0.3 is 0 Å². The predicted octanol–water partition coefficient (Wildman–Crippen LogP) is 3.67. The number of aromatic nitrogens is 1. The van der Waals surface area contributed by atoms with Crippen molar-refractivity contribution in [2.24, 2.45) is 4.36 Å². The summed E-state index contributed by atoms with van der Waals surface area (Å²) in [4.78, 5) is 4.00. The molecular formula is C13H14F3N3OS2. The summed E-state index contributed by atoms with van der Waals surface area (Å²) in [6.45, 7) is -0.132. The Kier molecular flexibility index (Phi) is 4.88. The first-order chi connectivity index (χ1) is 10.2. The van der Waals surface area contributed by atoms with E-state index in [0.29, 0.717) is 4.90 Å². The molecule has 0 aliphatic heterocycles. The number of halogens is 3. The minimum absolute atomic E-state index is 0.132. The van der Waals surface area contributed by atoms with Crippen molar-refractivity contribution >= 4 is 21.3 Å². The van der Waals surface area contributed by atoms with Gasteiger partial charge >= 0.3 is 6.18 Å².